The van der Waals surface area contributed by atoms with Crippen molar-refractivity contribution in [3.63, 3.8) is 0 Å². The monoisotopic (exact) mass is 518 g/mol. The van der Waals surface area contributed by atoms with Crippen LogP contribution in [0.1, 0.15) is 55.0 Å². The van der Waals surface area contributed by atoms with E-state index in [1.54, 1.807) is 13.3 Å². The Bertz CT molecular complexity index is 1230. The zero-order valence-electron chi connectivity index (χ0n) is 21.4. The number of benzene rings is 2. The van der Waals surface area contributed by atoms with Crippen molar-refractivity contribution in [1.82, 2.24) is 9.88 Å². The number of likely N-dealkylation sites (tertiary alicyclic amines) is 1. The van der Waals surface area contributed by atoms with E-state index in [1.165, 1.54) is 0 Å². The lowest BCUT2D eigenvalue weighted by Gasteiger charge is -2.41. The first kappa shape index (κ1) is 27.3. The van der Waals surface area contributed by atoms with E-state index < -0.39 is 23.6 Å². The highest BCUT2D eigenvalue weighted by Crippen LogP contribution is 2.41. The number of pyridine rings is 1. The number of rotatable bonds is 10. The number of piperidine rings is 1. The average molecular weight is 519 g/mol. The maximum atomic E-state index is 15.7. The largest absolute Gasteiger partial charge is 0.497 e. The number of ether oxygens (including phenoxy) is 1. The third kappa shape index (κ3) is 6.24. The molecular weight excluding hydrogens is 484 g/mol. The fourth-order valence-corrected chi connectivity index (χ4v) is 5.43. The molecule has 37 heavy (non-hydrogen) atoms. The summed E-state index contributed by atoms with van der Waals surface area (Å²) in [5.74, 6) is -2.28. The third-order valence-corrected chi connectivity index (χ3v) is 7.80. The smallest absolute Gasteiger partial charge is 0.162 e. The number of hydrogen-bond donors (Lipinski definition) is 1. The molecule has 0 unspecified atom stereocenters. The van der Waals surface area contributed by atoms with Crippen LogP contribution in [-0.4, -0.2) is 48.3 Å². The van der Waals surface area contributed by atoms with Gasteiger partial charge in [-0.15, -0.1) is 0 Å². The molecule has 200 valence electrons. The second-order valence-corrected chi connectivity index (χ2v) is 10.2. The quantitative estimate of drug-likeness (QED) is 0.247. The molecule has 2 heterocycles. The van der Waals surface area contributed by atoms with E-state index in [9.17, 15) is 18.3 Å². The summed E-state index contributed by atoms with van der Waals surface area (Å²) in [6, 6.07) is 7.05. The van der Waals surface area contributed by atoms with Crippen LogP contribution in [0.3, 0.4) is 0 Å². The van der Waals surface area contributed by atoms with Gasteiger partial charge in [0, 0.05) is 24.3 Å². The first-order valence-electron chi connectivity index (χ1n) is 12.8. The van der Waals surface area contributed by atoms with Crippen molar-refractivity contribution in [3.05, 3.63) is 70.7 Å². The fourth-order valence-electron chi connectivity index (χ4n) is 5.43. The van der Waals surface area contributed by atoms with Gasteiger partial charge in [0.25, 0.3) is 0 Å². The lowest BCUT2D eigenvalue weighted by Crippen LogP contribution is -2.42. The van der Waals surface area contributed by atoms with Gasteiger partial charge in [-0.05, 0) is 111 Å². The van der Waals surface area contributed by atoms with Gasteiger partial charge >= 0.3 is 0 Å². The lowest BCUT2D eigenvalue weighted by molar-refractivity contribution is 0.0300. The number of methoxy groups -OCH3 is 1. The SMILES string of the molecule is COc1ccc2ncc(C)c([C@@H](F)CCC3(CO)CCN(CCCc4cc(F)cc(F)c4F)CC3)c2c1. The van der Waals surface area contributed by atoms with Crippen molar-refractivity contribution < 1.29 is 27.4 Å². The molecule has 0 spiro atoms. The summed E-state index contributed by atoms with van der Waals surface area (Å²) in [4.78, 5) is 6.63. The lowest BCUT2D eigenvalue weighted by atomic mass is 9.74. The molecule has 0 aliphatic carbocycles. The Morgan fingerprint density at radius 2 is 1.89 bits per heavy atom. The summed E-state index contributed by atoms with van der Waals surface area (Å²) >= 11 is 0. The van der Waals surface area contributed by atoms with Crippen molar-refractivity contribution >= 4 is 10.9 Å². The Kier molecular flexibility index (Phi) is 8.70. The van der Waals surface area contributed by atoms with Crippen molar-refractivity contribution in [2.45, 2.75) is 51.6 Å². The zero-order chi connectivity index (χ0) is 26.6. The van der Waals surface area contributed by atoms with Crippen LogP contribution in [0.2, 0.25) is 0 Å². The van der Waals surface area contributed by atoms with E-state index in [-0.39, 0.29) is 24.0 Å². The zero-order valence-corrected chi connectivity index (χ0v) is 21.4. The fraction of sp³-hybridized carbons (Fsp3) is 0.483. The van der Waals surface area contributed by atoms with E-state index in [0.717, 1.165) is 48.5 Å². The number of halogens is 4. The van der Waals surface area contributed by atoms with Crippen LogP contribution in [0, 0.1) is 29.8 Å². The Hall–Kier alpha value is -2.71. The second-order valence-electron chi connectivity index (χ2n) is 10.2. The number of alkyl halides is 1. The minimum atomic E-state index is -1.19. The normalized spacial score (nSPS) is 16.7. The Balaban J connectivity index is 1.33. The molecular formula is C29H34F4N2O2. The maximum absolute atomic E-state index is 15.7. The number of nitrogens with zero attached hydrogens (tertiary/aromatic N) is 2. The summed E-state index contributed by atoms with van der Waals surface area (Å²) in [6.45, 7) is 3.97. The van der Waals surface area contributed by atoms with Crippen LogP contribution >= 0.6 is 0 Å². The molecule has 4 nitrogen and oxygen atoms in total. The molecule has 0 amide bonds. The third-order valence-electron chi connectivity index (χ3n) is 7.80. The van der Waals surface area contributed by atoms with Crippen LogP contribution < -0.4 is 4.74 Å². The summed E-state index contributed by atoms with van der Waals surface area (Å²) in [6.07, 6.45) is 3.61. The van der Waals surface area contributed by atoms with E-state index >= 15 is 4.39 Å². The second kappa shape index (κ2) is 11.8. The highest BCUT2D eigenvalue weighted by atomic mass is 19.2. The van der Waals surface area contributed by atoms with Crippen molar-refractivity contribution in [2.24, 2.45) is 5.41 Å². The van der Waals surface area contributed by atoms with E-state index in [0.29, 0.717) is 43.2 Å². The van der Waals surface area contributed by atoms with Crippen LogP contribution in [0.25, 0.3) is 10.9 Å². The summed E-state index contributed by atoms with van der Waals surface area (Å²) in [5, 5.41) is 11.0. The van der Waals surface area contributed by atoms with E-state index in [1.807, 2.05) is 25.1 Å². The molecule has 1 N–H and O–H groups in total. The number of fused-ring (bicyclic) bond motifs is 1. The highest BCUT2D eigenvalue weighted by molar-refractivity contribution is 5.84. The highest BCUT2D eigenvalue weighted by Gasteiger charge is 2.35. The van der Waals surface area contributed by atoms with Gasteiger partial charge in [-0.3, -0.25) is 4.98 Å². The van der Waals surface area contributed by atoms with Crippen molar-refractivity contribution in [3.8, 4) is 5.75 Å². The minimum Gasteiger partial charge on any atom is -0.497 e. The molecule has 1 atom stereocenters. The van der Waals surface area contributed by atoms with Crippen molar-refractivity contribution in [1.29, 1.82) is 0 Å². The maximum Gasteiger partial charge on any atom is 0.162 e. The molecule has 8 heteroatoms. The van der Waals surface area contributed by atoms with Crippen LogP contribution in [0.4, 0.5) is 17.6 Å². The van der Waals surface area contributed by atoms with Crippen LogP contribution in [0.15, 0.2) is 36.5 Å². The molecule has 2 aromatic carbocycles. The predicted octanol–water partition coefficient (Wildman–Crippen LogP) is 6.47. The molecule has 1 aromatic heterocycles. The molecule has 3 aromatic rings. The number of aliphatic hydroxyl groups excluding tert-OH is 1. The van der Waals surface area contributed by atoms with Gasteiger partial charge < -0.3 is 14.7 Å². The Morgan fingerprint density at radius 1 is 1.14 bits per heavy atom. The number of aryl methyl sites for hydroxylation is 2. The molecule has 1 aliphatic heterocycles. The van der Waals surface area contributed by atoms with Gasteiger partial charge in [0.15, 0.2) is 11.6 Å². The van der Waals surface area contributed by atoms with Gasteiger partial charge in [0.2, 0.25) is 0 Å². The Labute approximate surface area is 215 Å². The van der Waals surface area contributed by atoms with Crippen LogP contribution in [0.5, 0.6) is 5.75 Å². The van der Waals surface area contributed by atoms with Gasteiger partial charge in [-0.1, -0.05) is 0 Å². The van der Waals surface area contributed by atoms with Gasteiger partial charge in [-0.25, -0.2) is 17.6 Å². The number of aliphatic hydroxyl groups is 1. The van der Waals surface area contributed by atoms with E-state index in [2.05, 4.69) is 9.88 Å². The molecule has 1 aliphatic rings. The molecule has 0 bridgehead atoms. The summed E-state index contributed by atoms with van der Waals surface area (Å²) in [5.41, 5.74) is 1.82. The summed E-state index contributed by atoms with van der Waals surface area (Å²) < 4.78 is 61.7. The van der Waals surface area contributed by atoms with Gasteiger partial charge in [0.1, 0.15) is 17.7 Å². The molecule has 4 rings (SSSR count). The summed E-state index contributed by atoms with van der Waals surface area (Å²) in [7, 11) is 1.58. The van der Waals surface area contributed by atoms with E-state index in [4.69, 9.17) is 4.74 Å². The molecule has 1 saturated heterocycles. The molecule has 0 radical (unpaired) electrons. The Morgan fingerprint density at radius 3 is 2.59 bits per heavy atom. The first-order valence-corrected chi connectivity index (χ1v) is 12.8. The number of hydrogen-bond acceptors (Lipinski definition) is 4. The van der Waals surface area contributed by atoms with Gasteiger partial charge in [0.05, 0.1) is 12.6 Å². The predicted molar refractivity (Wildman–Crippen MR) is 136 cm³/mol. The van der Waals surface area contributed by atoms with Gasteiger partial charge in [-0.2, -0.15) is 0 Å². The average Bonchev–Trinajstić information content (AvgIpc) is 2.90. The number of aromatic nitrogens is 1. The molecule has 0 saturated carbocycles. The molecule has 1 fully saturated rings. The topological polar surface area (TPSA) is 45.6 Å². The first-order chi connectivity index (χ1) is 17.7. The minimum absolute atomic E-state index is 0.00869. The van der Waals surface area contributed by atoms with Crippen molar-refractivity contribution in [2.75, 3.05) is 33.4 Å². The van der Waals surface area contributed by atoms with Crippen LogP contribution in [-0.2, 0) is 6.42 Å². The standard InChI is InChI=1S/C29H34F4N2O2/c1-19-17-34-26-6-5-22(37-2)16-23(26)27(19)24(31)7-8-29(18-36)9-12-35(13-10-29)11-3-4-20-14-21(30)15-25(32)28(20)33/h5-6,14-17,24,36H,3-4,7-13,18H2,1-2H3/t24-/m0/s1.